The lowest BCUT2D eigenvalue weighted by molar-refractivity contribution is -0.138. The molecule has 1 N–H and O–H groups in total. The zero-order valence-electron chi connectivity index (χ0n) is 17.3. The number of cyclic esters (lactones) is 1. The molecule has 1 aliphatic carbocycles. The Morgan fingerprint density at radius 3 is 2.68 bits per heavy atom. The quantitative estimate of drug-likeness (QED) is 0.684. The van der Waals surface area contributed by atoms with Crippen LogP contribution in [0.3, 0.4) is 0 Å². The van der Waals surface area contributed by atoms with Crippen molar-refractivity contribution in [1.29, 1.82) is 0 Å². The van der Waals surface area contributed by atoms with Crippen LogP contribution in [0.1, 0.15) is 44.7 Å². The second-order valence-electron chi connectivity index (χ2n) is 8.41. The zero-order valence-corrected chi connectivity index (χ0v) is 17.3. The Morgan fingerprint density at radius 2 is 2.03 bits per heavy atom. The number of rotatable bonds is 5. The Balaban J connectivity index is 1.15. The van der Waals surface area contributed by atoms with Gasteiger partial charge in [0.25, 0.3) is 0 Å². The van der Waals surface area contributed by atoms with Gasteiger partial charge < -0.3 is 15.0 Å². The number of nitrogens with one attached hydrogen (secondary N) is 1. The standard InChI is InChI=1S/C20H24N8O3/c1-13-16(11-31-18(13)29)27-7-6-20(19(27)30)4-2-14(3-5-20)21-8-15-9-23-17(10-22-15)28-12-24-25-26-28/h9-10,12,14,21H,2-8,11H2,1H3/t14-,20-. The van der Waals surface area contributed by atoms with Gasteiger partial charge in [-0.15, -0.1) is 5.10 Å². The van der Waals surface area contributed by atoms with Gasteiger partial charge in [0.15, 0.2) is 5.82 Å². The lowest BCUT2D eigenvalue weighted by atomic mass is 9.71. The third-order valence-corrected chi connectivity index (χ3v) is 6.71. The molecule has 0 unspecified atom stereocenters. The van der Waals surface area contributed by atoms with Crippen LogP contribution in [0.4, 0.5) is 0 Å². The Kier molecular flexibility index (Phi) is 4.97. The molecular weight excluding hydrogens is 400 g/mol. The van der Waals surface area contributed by atoms with E-state index in [4.69, 9.17) is 4.74 Å². The smallest absolute Gasteiger partial charge is 0.336 e. The van der Waals surface area contributed by atoms with Gasteiger partial charge in [-0.05, 0) is 49.5 Å². The molecule has 31 heavy (non-hydrogen) atoms. The van der Waals surface area contributed by atoms with Gasteiger partial charge in [-0.3, -0.25) is 9.78 Å². The number of carbonyl (C=O) groups excluding carboxylic acids is 2. The summed E-state index contributed by atoms with van der Waals surface area (Å²) in [7, 11) is 0. The number of hydrogen-bond acceptors (Lipinski definition) is 9. The van der Waals surface area contributed by atoms with Crippen molar-refractivity contribution in [2.24, 2.45) is 5.41 Å². The molecule has 1 saturated heterocycles. The highest BCUT2D eigenvalue weighted by atomic mass is 16.5. The first-order chi connectivity index (χ1) is 15.1. The zero-order chi connectivity index (χ0) is 21.4. The highest BCUT2D eigenvalue weighted by Crippen LogP contribution is 2.46. The minimum absolute atomic E-state index is 0.155. The molecular formula is C20H24N8O3. The van der Waals surface area contributed by atoms with Crippen LogP contribution in [-0.4, -0.2) is 66.1 Å². The summed E-state index contributed by atoms with van der Waals surface area (Å²) in [6.45, 7) is 3.24. The van der Waals surface area contributed by atoms with E-state index in [9.17, 15) is 9.59 Å². The van der Waals surface area contributed by atoms with Crippen LogP contribution in [0, 0.1) is 5.41 Å². The SMILES string of the molecule is CC1=C(N2CC[C@]3(CC[C@@H](NCc4cnc(-n5cnnn5)cn4)CC3)C2=O)COC1=O. The van der Waals surface area contributed by atoms with Crippen LogP contribution < -0.4 is 5.32 Å². The summed E-state index contributed by atoms with van der Waals surface area (Å²) in [5.41, 5.74) is 1.85. The predicted molar refractivity (Wildman–Crippen MR) is 106 cm³/mol. The summed E-state index contributed by atoms with van der Waals surface area (Å²) in [5, 5.41) is 14.5. The largest absolute Gasteiger partial charge is 0.456 e. The van der Waals surface area contributed by atoms with E-state index in [1.54, 1.807) is 24.2 Å². The number of esters is 1. The number of tetrazole rings is 1. The molecule has 162 valence electrons. The number of aromatic nitrogens is 6. The number of hydrogen-bond donors (Lipinski definition) is 1. The summed E-state index contributed by atoms with van der Waals surface area (Å²) in [5.74, 6) is 0.408. The monoisotopic (exact) mass is 424 g/mol. The van der Waals surface area contributed by atoms with Crippen LogP contribution in [0.5, 0.6) is 0 Å². The van der Waals surface area contributed by atoms with Gasteiger partial charge >= 0.3 is 5.97 Å². The van der Waals surface area contributed by atoms with E-state index in [1.165, 1.54) is 11.0 Å². The molecule has 0 atom stereocenters. The van der Waals surface area contributed by atoms with Crippen LogP contribution in [0.2, 0.25) is 0 Å². The number of ether oxygens (including phenoxy) is 1. The van der Waals surface area contributed by atoms with Gasteiger partial charge in [-0.2, -0.15) is 4.68 Å². The fourth-order valence-electron chi connectivity index (χ4n) is 4.74. The average Bonchev–Trinajstić information content (AvgIpc) is 3.51. The fourth-order valence-corrected chi connectivity index (χ4v) is 4.74. The van der Waals surface area contributed by atoms with Crippen molar-refractivity contribution in [1.82, 2.24) is 40.4 Å². The second kappa shape index (κ2) is 7.80. The highest BCUT2D eigenvalue weighted by Gasteiger charge is 2.50. The van der Waals surface area contributed by atoms with Crippen LogP contribution in [-0.2, 0) is 20.9 Å². The number of amides is 1. The lowest BCUT2D eigenvalue weighted by Crippen LogP contribution is -2.42. The molecule has 2 aromatic rings. The Labute approximate surface area is 178 Å². The minimum Gasteiger partial charge on any atom is -0.456 e. The molecule has 11 nitrogen and oxygen atoms in total. The van der Waals surface area contributed by atoms with Crippen molar-refractivity contribution < 1.29 is 14.3 Å². The Morgan fingerprint density at radius 1 is 1.19 bits per heavy atom. The van der Waals surface area contributed by atoms with E-state index in [1.807, 2.05) is 0 Å². The van der Waals surface area contributed by atoms with E-state index < -0.39 is 0 Å². The number of nitrogens with zero attached hydrogens (tertiary/aromatic N) is 7. The van der Waals surface area contributed by atoms with Crippen LogP contribution in [0.15, 0.2) is 30.0 Å². The first kappa shape index (κ1) is 19.7. The molecule has 2 fully saturated rings. The average molecular weight is 424 g/mol. The minimum atomic E-state index is -0.314. The van der Waals surface area contributed by atoms with Gasteiger partial charge in [0, 0.05) is 19.1 Å². The maximum absolute atomic E-state index is 13.2. The predicted octanol–water partition coefficient (Wildman–Crippen LogP) is 0.534. The van der Waals surface area contributed by atoms with Crippen LogP contribution in [0.25, 0.3) is 5.82 Å². The highest BCUT2D eigenvalue weighted by molar-refractivity contribution is 5.94. The summed E-state index contributed by atoms with van der Waals surface area (Å²) in [6, 6.07) is 0.339. The van der Waals surface area contributed by atoms with E-state index >= 15 is 0 Å². The van der Waals surface area contributed by atoms with E-state index in [0.717, 1.165) is 43.5 Å². The van der Waals surface area contributed by atoms with Crippen molar-refractivity contribution in [3.8, 4) is 5.82 Å². The maximum Gasteiger partial charge on any atom is 0.336 e. The van der Waals surface area contributed by atoms with E-state index in [2.05, 4.69) is 30.8 Å². The summed E-state index contributed by atoms with van der Waals surface area (Å²) < 4.78 is 6.55. The topological polar surface area (TPSA) is 128 Å². The molecule has 1 spiro atoms. The van der Waals surface area contributed by atoms with Crippen molar-refractivity contribution >= 4 is 11.9 Å². The summed E-state index contributed by atoms with van der Waals surface area (Å²) in [6.07, 6.45) is 9.24. The van der Waals surface area contributed by atoms with Gasteiger partial charge in [-0.1, -0.05) is 0 Å². The number of carbonyl (C=O) groups is 2. The first-order valence-corrected chi connectivity index (χ1v) is 10.5. The molecule has 0 bridgehead atoms. The molecule has 11 heteroatoms. The lowest BCUT2D eigenvalue weighted by Gasteiger charge is -2.36. The first-order valence-electron chi connectivity index (χ1n) is 10.5. The molecule has 4 heterocycles. The normalized spacial score (nSPS) is 26.2. The van der Waals surface area contributed by atoms with Crippen molar-refractivity contribution in [3.63, 3.8) is 0 Å². The Bertz CT molecular complexity index is 1010. The molecule has 1 saturated carbocycles. The maximum atomic E-state index is 13.2. The molecule has 5 rings (SSSR count). The van der Waals surface area contributed by atoms with Crippen LogP contribution >= 0.6 is 0 Å². The third-order valence-electron chi connectivity index (χ3n) is 6.71. The molecule has 3 aliphatic rings. The van der Waals surface area contributed by atoms with E-state index in [0.29, 0.717) is 30.5 Å². The summed E-state index contributed by atoms with van der Waals surface area (Å²) in [4.78, 5) is 35.4. The number of likely N-dealkylation sites (tertiary alicyclic amines) is 1. The fraction of sp³-hybridized carbons (Fsp3) is 0.550. The van der Waals surface area contributed by atoms with Crippen molar-refractivity contribution in [2.75, 3.05) is 13.2 Å². The Hall–Kier alpha value is -3.21. The summed E-state index contributed by atoms with van der Waals surface area (Å²) >= 11 is 0. The second-order valence-corrected chi connectivity index (χ2v) is 8.41. The molecule has 0 radical (unpaired) electrons. The molecule has 0 aromatic carbocycles. The van der Waals surface area contributed by atoms with Crippen molar-refractivity contribution in [2.45, 2.75) is 51.6 Å². The van der Waals surface area contributed by atoms with Crippen molar-refractivity contribution in [3.05, 3.63) is 35.7 Å². The van der Waals surface area contributed by atoms with E-state index in [-0.39, 0.29) is 23.9 Å². The van der Waals surface area contributed by atoms with Gasteiger partial charge in [-0.25, -0.2) is 9.78 Å². The van der Waals surface area contributed by atoms with Gasteiger partial charge in [0.1, 0.15) is 12.9 Å². The molecule has 1 amide bonds. The van der Waals surface area contributed by atoms with Gasteiger partial charge in [0.05, 0.1) is 34.8 Å². The third kappa shape index (κ3) is 3.58. The molecule has 2 aliphatic heterocycles. The van der Waals surface area contributed by atoms with Gasteiger partial charge in [0.2, 0.25) is 5.91 Å². The molecule has 2 aromatic heterocycles.